The van der Waals surface area contributed by atoms with Crippen molar-refractivity contribution >= 4 is 23.7 Å². The van der Waals surface area contributed by atoms with Crippen LogP contribution in [0.2, 0.25) is 0 Å². The van der Waals surface area contributed by atoms with Gasteiger partial charge in [-0.3, -0.25) is 4.79 Å². The molecule has 0 spiro atoms. The Kier molecular flexibility index (Phi) is 9.31. The van der Waals surface area contributed by atoms with Crippen LogP contribution in [0, 0.1) is 6.92 Å². The molecule has 3 rings (SSSR count). The van der Waals surface area contributed by atoms with Crippen LogP contribution >= 0.6 is 0 Å². The van der Waals surface area contributed by atoms with Gasteiger partial charge in [0.25, 0.3) is 0 Å². The van der Waals surface area contributed by atoms with Gasteiger partial charge in [0.1, 0.15) is 18.4 Å². The summed E-state index contributed by atoms with van der Waals surface area (Å²) in [6, 6.07) is 18.6. The number of rotatable bonds is 9. The zero-order chi connectivity index (χ0) is 27.7. The molecule has 0 aliphatic carbocycles. The SMILES string of the molecule is COC(=O)[C@H](Cc1ccc(Oc2cc(C)ccc2NC(=O)C(F)(F)F)cc1)NC(=O)OCc1ccccc1. The van der Waals surface area contributed by atoms with Crippen LogP contribution in [0.25, 0.3) is 0 Å². The quantitative estimate of drug-likeness (QED) is 0.364. The molecular weight excluding hydrogens is 505 g/mol. The fourth-order valence-corrected chi connectivity index (χ4v) is 3.31. The van der Waals surface area contributed by atoms with Crippen molar-refractivity contribution in [2.75, 3.05) is 12.4 Å². The second-order valence-electron chi connectivity index (χ2n) is 8.18. The Hall–Kier alpha value is -4.54. The third kappa shape index (κ3) is 8.26. The number of amides is 2. The highest BCUT2D eigenvalue weighted by atomic mass is 19.4. The molecule has 3 aromatic rings. The maximum absolute atomic E-state index is 12.7. The first kappa shape index (κ1) is 28.0. The average molecular weight is 530 g/mol. The number of halogens is 3. The number of aryl methyl sites for hydroxylation is 1. The lowest BCUT2D eigenvalue weighted by molar-refractivity contribution is -0.167. The van der Waals surface area contributed by atoms with E-state index in [0.29, 0.717) is 11.1 Å². The molecule has 0 radical (unpaired) electrons. The number of carbonyl (C=O) groups excluding carboxylic acids is 3. The van der Waals surface area contributed by atoms with Gasteiger partial charge in [0, 0.05) is 6.42 Å². The Labute approximate surface area is 216 Å². The standard InChI is InChI=1S/C27H25F3N2O6/c1-17-8-13-21(31-25(34)27(28,29)30)23(14-17)38-20-11-9-18(10-12-20)15-22(24(33)36-2)32-26(35)37-16-19-6-4-3-5-7-19/h3-14,22H,15-16H2,1-2H3,(H,31,34)(H,32,35)/t22-/m0/s1. The zero-order valence-electron chi connectivity index (χ0n) is 20.5. The molecule has 1 atom stereocenters. The van der Waals surface area contributed by atoms with Gasteiger partial charge in [-0.1, -0.05) is 48.5 Å². The summed E-state index contributed by atoms with van der Waals surface area (Å²) >= 11 is 0. The minimum absolute atomic E-state index is 0.0191. The third-order valence-electron chi connectivity index (χ3n) is 5.22. The number of benzene rings is 3. The smallest absolute Gasteiger partial charge is 0.467 e. The highest BCUT2D eigenvalue weighted by Gasteiger charge is 2.39. The van der Waals surface area contributed by atoms with Crippen molar-refractivity contribution in [2.45, 2.75) is 32.2 Å². The Balaban J connectivity index is 1.66. The first-order chi connectivity index (χ1) is 18.0. The topological polar surface area (TPSA) is 103 Å². The van der Waals surface area contributed by atoms with E-state index >= 15 is 0 Å². The van der Waals surface area contributed by atoms with Gasteiger partial charge in [-0.05, 0) is 47.9 Å². The van der Waals surface area contributed by atoms with E-state index in [9.17, 15) is 27.6 Å². The Morgan fingerprint density at radius 2 is 1.61 bits per heavy atom. The van der Waals surface area contributed by atoms with Gasteiger partial charge in [0.15, 0.2) is 5.75 Å². The van der Waals surface area contributed by atoms with Gasteiger partial charge in [-0.15, -0.1) is 0 Å². The molecule has 0 unspecified atom stereocenters. The normalized spacial score (nSPS) is 11.7. The number of esters is 1. The summed E-state index contributed by atoms with van der Waals surface area (Å²) in [5.41, 5.74) is 1.97. The van der Waals surface area contributed by atoms with Gasteiger partial charge in [-0.2, -0.15) is 13.2 Å². The number of anilines is 1. The van der Waals surface area contributed by atoms with Crippen LogP contribution in [-0.2, 0) is 32.1 Å². The molecule has 3 aromatic carbocycles. The van der Waals surface area contributed by atoms with Crippen molar-refractivity contribution < 1.29 is 41.8 Å². The number of methoxy groups -OCH3 is 1. The summed E-state index contributed by atoms with van der Waals surface area (Å²) in [7, 11) is 1.19. The second-order valence-corrected chi connectivity index (χ2v) is 8.18. The maximum atomic E-state index is 12.7. The maximum Gasteiger partial charge on any atom is 0.471 e. The lowest BCUT2D eigenvalue weighted by Crippen LogP contribution is -2.43. The highest BCUT2D eigenvalue weighted by molar-refractivity contribution is 5.96. The van der Waals surface area contributed by atoms with E-state index in [-0.39, 0.29) is 30.2 Å². The Morgan fingerprint density at radius 3 is 2.24 bits per heavy atom. The first-order valence-corrected chi connectivity index (χ1v) is 11.4. The molecule has 0 saturated carbocycles. The van der Waals surface area contributed by atoms with Gasteiger partial charge in [0.2, 0.25) is 0 Å². The van der Waals surface area contributed by atoms with Crippen LogP contribution in [0.5, 0.6) is 11.5 Å². The van der Waals surface area contributed by atoms with Crippen molar-refractivity contribution in [2.24, 2.45) is 0 Å². The second kappa shape index (κ2) is 12.6. The molecule has 0 heterocycles. The summed E-state index contributed by atoms with van der Waals surface area (Å²) in [4.78, 5) is 35.8. The largest absolute Gasteiger partial charge is 0.471 e. The van der Waals surface area contributed by atoms with Crippen molar-refractivity contribution in [3.63, 3.8) is 0 Å². The average Bonchev–Trinajstić information content (AvgIpc) is 2.89. The Bertz CT molecular complexity index is 1260. The van der Waals surface area contributed by atoms with Crippen molar-refractivity contribution in [1.82, 2.24) is 5.32 Å². The number of alkyl carbamates (subject to hydrolysis) is 1. The van der Waals surface area contributed by atoms with Crippen LogP contribution in [-0.4, -0.2) is 37.3 Å². The molecule has 0 saturated heterocycles. The van der Waals surface area contributed by atoms with E-state index in [2.05, 4.69) is 5.32 Å². The molecule has 200 valence electrons. The van der Waals surface area contributed by atoms with Crippen LogP contribution in [0.15, 0.2) is 72.8 Å². The summed E-state index contributed by atoms with van der Waals surface area (Å²) in [5, 5.41) is 4.29. The number of alkyl halides is 3. The molecule has 0 aliphatic heterocycles. The number of hydrogen-bond acceptors (Lipinski definition) is 6. The molecule has 11 heteroatoms. The van der Waals surface area contributed by atoms with Crippen molar-refractivity contribution in [1.29, 1.82) is 0 Å². The highest BCUT2D eigenvalue weighted by Crippen LogP contribution is 2.32. The first-order valence-electron chi connectivity index (χ1n) is 11.4. The molecule has 0 bridgehead atoms. The summed E-state index contributed by atoms with van der Waals surface area (Å²) in [6.07, 6.45) is -5.77. The fourth-order valence-electron chi connectivity index (χ4n) is 3.31. The van der Waals surface area contributed by atoms with Crippen molar-refractivity contribution in [3.8, 4) is 11.5 Å². The van der Waals surface area contributed by atoms with E-state index in [1.54, 1.807) is 48.6 Å². The van der Waals surface area contributed by atoms with Gasteiger partial charge in [0.05, 0.1) is 12.8 Å². The van der Waals surface area contributed by atoms with Gasteiger partial charge < -0.3 is 24.8 Å². The predicted molar refractivity (Wildman–Crippen MR) is 132 cm³/mol. The molecule has 38 heavy (non-hydrogen) atoms. The minimum Gasteiger partial charge on any atom is -0.467 e. The van der Waals surface area contributed by atoms with Crippen LogP contribution in [0.4, 0.5) is 23.7 Å². The predicted octanol–water partition coefficient (Wildman–Crippen LogP) is 5.30. The molecular formula is C27H25F3N2O6. The van der Waals surface area contributed by atoms with E-state index in [1.807, 2.05) is 6.07 Å². The Morgan fingerprint density at radius 1 is 0.921 bits per heavy atom. The van der Waals surface area contributed by atoms with Crippen LogP contribution in [0.3, 0.4) is 0 Å². The zero-order valence-corrected chi connectivity index (χ0v) is 20.5. The van der Waals surface area contributed by atoms with Gasteiger partial charge in [-0.25, -0.2) is 9.59 Å². The number of ether oxygens (including phenoxy) is 3. The van der Waals surface area contributed by atoms with E-state index in [0.717, 1.165) is 5.56 Å². The third-order valence-corrected chi connectivity index (χ3v) is 5.22. The molecule has 8 nitrogen and oxygen atoms in total. The molecule has 0 aliphatic rings. The number of carbonyl (C=O) groups is 3. The van der Waals surface area contributed by atoms with Gasteiger partial charge >= 0.3 is 24.1 Å². The van der Waals surface area contributed by atoms with E-state index in [4.69, 9.17) is 14.2 Å². The summed E-state index contributed by atoms with van der Waals surface area (Å²) in [5.74, 6) is -2.51. The lowest BCUT2D eigenvalue weighted by Gasteiger charge is -2.17. The number of hydrogen-bond donors (Lipinski definition) is 2. The van der Waals surface area contributed by atoms with E-state index < -0.39 is 30.2 Å². The lowest BCUT2D eigenvalue weighted by atomic mass is 10.1. The van der Waals surface area contributed by atoms with E-state index in [1.165, 1.54) is 37.4 Å². The molecule has 0 fully saturated rings. The fraction of sp³-hybridized carbons (Fsp3) is 0.222. The summed E-state index contributed by atoms with van der Waals surface area (Å²) < 4.78 is 53.7. The molecule has 2 N–H and O–H groups in total. The minimum atomic E-state index is -5.05. The van der Waals surface area contributed by atoms with Crippen molar-refractivity contribution in [3.05, 3.63) is 89.5 Å². The molecule has 0 aromatic heterocycles. The monoisotopic (exact) mass is 530 g/mol. The van der Waals surface area contributed by atoms with Crippen LogP contribution < -0.4 is 15.4 Å². The number of nitrogens with one attached hydrogen (secondary N) is 2. The summed E-state index contributed by atoms with van der Waals surface area (Å²) in [6.45, 7) is 1.74. The molecule has 2 amide bonds. The van der Waals surface area contributed by atoms with Crippen LogP contribution in [0.1, 0.15) is 16.7 Å².